The summed E-state index contributed by atoms with van der Waals surface area (Å²) in [5.41, 5.74) is 3.17. The zero-order valence-electron chi connectivity index (χ0n) is 8.01. The molecule has 0 aliphatic heterocycles. The Morgan fingerprint density at radius 3 is 1.83 bits per heavy atom. The molecule has 12 heavy (non-hydrogen) atoms. The van der Waals surface area contributed by atoms with Crippen molar-refractivity contribution in [2.24, 2.45) is 11.8 Å². The molecule has 3 atom stereocenters. The molecule has 1 N–H and O–H groups in total. The summed E-state index contributed by atoms with van der Waals surface area (Å²) in [6.45, 7) is 4.35. The van der Waals surface area contributed by atoms with E-state index in [0.29, 0.717) is 11.8 Å². The van der Waals surface area contributed by atoms with E-state index in [1.165, 1.54) is 25.7 Å². The van der Waals surface area contributed by atoms with E-state index in [9.17, 15) is 5.11 Å². The first kappa shape index (κ1) is 8.31. The first-order chi connectivity index (χ1) is 5.72. The number of hydrogen-bond acceptors (Lipinski definition) is 1. The molecule has 0 aromatic rings. The van der Waals surface area contributed by atoms with Gasteiger partial charge in [0.05, 0.1) is 6.10 Å². The summed E-state index contributed by atoms with van der Waals surface area (Å²) in [6.07, 6.45) is 5.08. The quantitative estimate of drug-likeness (QED) is 0.548. The molecular formula is C11H18O. The van der Waals surface area contributed by atoms with Crippen molar-refractivity contribution in [2.45, 2.75) is 45.6 Å². The summed E-state index contributed by atoms with van der Waals surface area (Å²) in [6, 6.07) is 0. The van der Waals surface area contributed by atoms with Crippen LogP contribution in [0.15, 0.2) is 11.1 Å². The summed E-state index contributed by atoms with van der Waals surface area (Å²) in [4.78, 5) is 0. The number of hydrogen-bond donors (Lipinski definition) is 1. The lowest BCUT2D eigenvalue weighted by Gasteiger charge is -2.17. The summed E-state index contributed by atoms with van der Waals surface area (Å²) in [7, 11) is 0. The third-order valence-electron chi connectivity index (χ3n) is 3.68. The van der Waals surface area contributed by atoms with Crippen LogP contribution in [0, 0.1) is 11.8 Å². The van der Waals surface area contributed by atoms with E-state index < -0.39 is 0 Å². The topological polar surface area (TPSA) is 20.2 Å². The maximum Gasteiger partial charge on any atom is 0.0665 e. The van der Waals surface area contributed by atoms with Crippen LogP contribution in [-0.4, -0.2) is 11.2 Å². The molecule has 0 aromatic heterocycles. The lowest BCUT2D eigenvalue weighted by atomic mass is 9.89. The Kier molecular flexibility index (Phi) is 1.99. The van der Waals surface area contributed by atoms with E-state index in [0.717, 1.165) is 0 Å². The molecule has 1 unspecified atom stereocenters. The maximum absolute atomic E-state index is 9.86. The van der Waals surface area contributed by atoms with Crippen molar-refractivity contribution in [3.8, 4) is 0 Å². The second-order valence-corrected chi connectivity index (χ2v) is 4.33. The Morgan fingerprint density at radius 2 is 1.42 bits per heavy atom. The fourth-order valence-corrected chi connectivity index (χ4v) is 2.84. The van der Waals surface area contributed by atoms with Crippen molar-refractivity contribution in [3.63, 3.8) is 0 Å². The molecule has 0 spiro atoms. The molecule has 1 heteroatoms. The highest BCUT2D eigenvalue weighted by Gasteiger charge is 2.36. The zero-order chi connectivity index (χ0) is 8.72. The standard InChI is InChI=1S/C11H18O/c1-7-9-5-3-4-6-10(9)8(2)11(7)12/h7-8,11-12H,3-6H2,1-2H3/t7-,8+,11?. The molecule has 0 aromatic carbocycles. The number of rotatable bonds is 0. The molecule has 68 valence electrons. The maximum atomic E-state index is 9.86. The van der Waals surface area contributed by atoms with Gasteiger partial charge in [0.15, 0.2) is 0 Å². The summed E-state index contributed by atoms with van der Waals surface area (Å²) < 4.78 is 0. The van der Waals surface area contributed by atoms with Crippen LogP contribution in [0.3, 0.4) is 0 Å². The van der Waals surface area contributed by atoms with Gasteiger partial charge in [-0.05, 0) is 25.7 Å². The van der Waals surface area contributed by atoms with E-state index in [1.807, 2.05) is 0 Å². The Balaban J connectivity index is 2.28. The van der Waals surface area contributed by atoms with Crippen LogP contribution in [0.2, 0.25) is 0 Å². The highest BCUT2D eigenvalue weighted by molar-refractivity contribution is 5.29. The molecule has 0 saturated carbocycles. The number of aliphatic hydroxyl groups is 1. The largest absolute Gasteiger partial charge is 0.392 e. The molecule has 0 bridgehead atoms. The fourth-order valence-electron chi connectivity index (χ4n) is 2.84. The van der Waals surface area contributed by atoms with Gasteiger partial charge in [0.1, 0.15) is 0 Å². The average molecular weight is 166 g/mol. The van der Waals surface area contributed by atoms with Gasteiger partial charge >= 0.3 is 0 Å². The van der Waals surface area contributed by atoms with Crippen molar-refractivity contribution >= 4 is 0 Å². The lowest BCUT2D eigenvalue weighted by molar-refractivity contribution is 0.109. The molecule has 2 aliphatic carbocycles. The Morgan fingerprint density at radius 1 is 1.00 bits per heavy atom. The van der Waals surface area contributed by atoms with Crippen molar-refractivity contribution in [2.75, 3.05) is 0 Å². The van der Waals surface area contributed by atoms with Gasteiger partial charge in [-0.15, -0.1) is 0 Å². The van der Waals surface area contributed by atoms with Gasteiger partial charge < -0.3 is 5.11 Å². The smallest absolute Gasteiger partial charge is 0.0665 e. The van der Waals surface area contributed by atoms with E-state index in [2.05, 4.69) is 13.8 Å². The second-order valence-electron chi connectivity index (χ2n) is 4.33. The van der Waals surface area contributed by atoms with Crippen molar-refractivity contribution in [1.29, 1.82) is 0 Å². The molecule has 0 heterocycles. The first-order valence-electron chi connectivity index (χ1n) is 5.11. The van der Waals surface area contributed by atoms with Crippen LogP contribution in [-0.2, 0) is 0 Å². The van der Waals surface area contributed by atoms with Crippen LogP contribution in [0.25, 0.3) is 0 Å². The molecule has 1 nitrogen and oxygen atoms in total. The van der Waals surface area contributed by atoms with Gasteiger partial charge in [-0.1, -0.05) is 25.0 Å². The molecule has 2 rings (SSSR count). The monoisotopic (exact) mass is 166 g/mol. The van der Waals surface area contributed by atoms with Crippen LogP contribution in [0.5, 0.6) is 0 Å². The van der Waals surface area contributed by atoms with Crippen LogP contribution < -0.4 is 0 Å². The molecular weight excluding hydrogens is 148 g/mol. The Labute approximate surface area is 74.5 Å². The lowest BCUT2D eigenvalue weighted by Crippen LogP contribution is -2.19. The Hall–Kier alpha value is -0.300. The molecule has 0 saturated heterocycles. The molecule has 0 fully saturated rings. The minimum atomic E-state index is -0.0897. The summed E-state index contributed by atoms with van der Waals surface area (Å²) in [5, 5.41) is 9.86. The zero-order valence-corrected chi connectivity index (χ0v) is 8.01. The summed E-state index contributed by atoms with van der Waals surface area (Å²) >= 11 is 0. The SMILES string of the molecule is C[C@@H]1C2=C(CCCC2)[C@H](C)C1O. The van der Waals surface area contributed by atoms with Gasteiger partial charge in [-0.2, -0.15) is 0 Å². The molecule has 2 aliphatic rings. The van der Waals surface area contributed by atoms with E-state index >= 15 is 0 Å². The van der Waals surface area contributed by atoms with Gasteiger partial charge in [0, 0.05) is 11.8 Å². The van der Waals surface area contributed by atoms with E-state index in [-0.39, 0.29) is 6.10 Å². The fraction of sp³-hybridized carbons (Fsp3) is 0.818. The van der Waals surface area contributed by atoms with Crippen molar-refractivity contribution in [3.05, 3.63) is 11.1 Å². The van der Waals surface area contributed by atoms with Crippen LogP contribution >= 0.6 is 0 Å². The second kappa shape index (κ2) is 2.88. The minimum Gasteiger partial charge on any atom is -0.392 e. The normalized spacial score (nSPS) is 41.8. The van der Waals surface area contributed by atoms with Crippen molar-refractivity contribution in [1.82, 2.24) is 0 Å². The predicted molar refractivity (Wildman–Crippen MR) is 49.8 cm³/mol. The predicted octanol–water partition coefficient (Wildman–Crippen LogP) is 2.50. The van der Waals surface area contributed by atoms with Gasteiger partial charge in [-0.3, -0.25) is 0 Å². The number of aliphatic hydroxyl groups excluding tert-OH is 1. The highest BCUT2D eigenvalue weighted by Crippen LogP contribution is 2.44. The molecule has 0 amide bonds. The van der Waals surface area contributed by atoms with Gasteiger partial charge in [0.25, 0.3) is 0 Å². The first-order valence-corrected chi connectivity index (χ1v) is 5.11. The van der Waals surface area contributed by atoms with Gasteiger partial charge in [-0.25, -0.2) is 0 Å². The third-order valence-corrected chi connectivity index (χ3v) is 3.68. The highest BCUT2D eigenvalue weighted by atomic mass is 16.3. The van der Waals surface area contributed by atoms with Crippen LogP contribution in [0.4, 0.5) is 0 Å². The average Bonchev–Trinajstić information content (AvgIpc) is 2.33. The van der Waals surface area contributed by atoms with E-state index in [1.54, 1.807) is 11.1 Å². The van der Waals surface area contributed by atoms with Gasteiger partial charge in [0.2, 0.25) is 0 Å². The summed E-state index contributed by atoms with van der Waals surface area (Å²) in [5.74, 6) is 0.880. The minimum absolute atomic E-state index is 0.0897. The Bertz CT molecular complexity index is 195. The van der Waals surface area contributed by atoms with Crippen LogP contribution in [0.1, 0.15) is 39.5 Å². The third kappa shape index (κ3) is 1.03. The van der Waals surface area contributed by atoms with Crippen molar-refractivity contribution < 1.29 is 5.11 Å². The molecule has 0 radical (unpaired) electrons. The van der Waals surface area contributed by atoms with E-state index in [4.69, 9.17) is 0 Å².